The van der Waals surface area contributed by atoms with Crippen LogP contribution in [-0.4, -0.2) is 45.1 Å². The fraction of sp³-hybridized carbons (Fsp3) is 0.652. The first-order valence-electron chi connectivity index (χ1n) is 11.5. The Morgan fingerprint density at radius 1 is 1.28 bits per heavy atom. The normalized spacial score (nSPS) is 23.0. The number of amides is 1. The number of nitrogens with zero attached hydrogens (tertiary/aromatic N) is 5. The lowest BCUT2D eigenvalue weighted by Gasteiger charge is -2.35. The molecule has 0 bridgehead atoms. The average molecular weight is 457 g/mol. The maximum absolute atomic E-state index is 12.7. The van der Waals surface area contributed by atoms with Gasteiger partial charge in [0.05, 0.1) is 24.6 Å². The molecule has 172 valence electrons. The minimum Gasteiger partial charge on any atom is -0.467 e. The summed E-state index contributed by atoms with van der Waals surface area (Å²) in [6.07, 6.45) is 7.42. The van der Waals surface area contributed by atoms with Gasteiger partial charge < -0.3 is 14.6 Å². The van der Waals surface area contributed by atoms with Gasteiger partial charge in [-0.3, -0.25) is 9.36 Å². The number of nitriles is 1. The molecule has 1 N–H and O–H groups in total. The van der Waals surface area contributed by atoms with E-state index >= 15 is 0 Å². The van der Waals surface area contributed by atoms with E-state index in [1.165, 1.54) is 18.2 Å². The van der Waals surface area contributed by atoms with E-state index in [2.05, 4.69) is 40.3 Å². The van der Waals surface area contributed by atoms with Crippen LogP contribution in [0, 0.1) is 23.2 Å². The van der Waals surface area contributed by atoms with Crippen molar-refractivity contribution in [3.8, 4) is 6.07 Å². The van der Waals surface area contributed by atoms with Crippen molar-refractivity contribution in [1.82, 2.24) is 20.1 Å². The number of carbonyl (C=O) groups excluding carboxylic acids is 1. The van der Waals surface area contributed by atoms with Crippen LogP contribution in [0.2, 0.25) is 0 Å². The van der Waals surface area contributed by atoms with Crippen molar-refractivity contribution >= 4 is 23.6 Å². The summed E-state index contributed by atoms with van der Waals surface area (Å²) in [5.74, 6) is 2.89. The van der Waals surface area contributed by atoms with Crippen LogP contribution in [0.5, 0.6) is 0 Å². The number of thioether (sulfide) groups is 1. The first-order valence-corrected chi connectivity index (χ1v) is 12.5. The second kappa shape index (κ2) is 9.99. The third-order valence-corrected chi connectivity index (χ3v) is 7.34. The monoisotopic (exact) mass is 456 g/mol. The Morgan fingerprint density at radius 2 is 2.03 bits per heavy atom. The Hall–Kier alpha value is -2.47. The molecule has 2 aromatic heterocycles. The van der Waals surface area contributed by atoms with Gasteiger partial charge in [0.1, 0.15) is 11.3 Å². The van der Waals surface area contributed by atoms with Gasteiger partial charge in [-0.05, 0) is 43.2 Å². The van der Waals surface area contributed by atoms with E-state index in [1.54, 1.807) is 6.26 Å². The van der Waals surface area contributed by atoms with Crippen LogP contribution in [0.15, 0.2) is 28.0 Å². The topological polar surface area (TPSA) is 100.0 Å². The van der Waals surface area contributed by atoms with Gasteiger partial charge in [-0.25, -0.2) is 0 Å². The lowest BCUT2D eigenvalue weighted by molar-refractivity contribution is -0.120. The molecule has 4 rings (SSSR count). The van der Waals surface area contributed by atoms with Crippen LogP contribution in [0.3, 0.4) is 0 Å². The van der Waals surface area contributed by atoms with E-state index in [4.69, 9.17) is 4.42 Å². The summed E-state index contributed by atoms with van der Waals surface area (Å²) in [4.78, 5) is 15.0. The summed E-state index contributed by atoms with van der Waals surface area (Å²) in [5, 5.41) is 22.2. The molecule has 32 heavy (non-hydrogen) atoms. The summed E-state index contributed by atoms with van der Waals surface area (Å²) in [7, 11) is 0. The number of anilines is 1. The molecule has 2 fully saturated rings. The fourth-order valence-corrected chi connectivity index (χ4v) is 5.73. The minimum absolute atomic E-state index is 0.132. The summed E-state index contributed by atoms with van der Waals surface area (Å²) in [6.45, 7) is 6.94. The van der Waals surface area contributed by atoms with Gasteiger partial charge in [0.15, 0.2) is 5.16 Å². The van der Waals surface area contributed by atoms with E-state index in [0.29, 0.717) is 23.5 Å². The van der Waals surface area contributed by atoms with Gasteiger partial charge in [0.25, 0.3) is 0 Å². The van der Waals surface area contributed by atoms with Crippen LogP contribution in [0.4, 0.5) is 5.95 Å². The predicted octanol–water partition coefficient (Wildman–Crippen LogP) is 3.84. The number of nitrogens with one attached hydrogen (secondary N) is 1. The molecule has 8 nitrogen and oxygen atoms in total. The molecule has 1 amide bonds. The summed E-state index contributed by atoms with van der Waals surface area (Å²) in [6, 6.07) is 6.16. The van der Waals surface area contributed by atoms with Crippen LogP contribution in [0.25, 0.3) is 0 Å². The molecule has 1 saturated heterocycles. The highest BCUT2D eigenvalue weighted by Crippen LogP contribution is 2.30. The van der Waals surface area contributed by atoms with Gasteiger partial charge >= 0.3 is 0 Å². The van der Waals surface area contributed by atoms with Gasteiger partial charge in [0.2, 0.25) is 11.9 Å². The molecule has 2 atom stereocenters. The van der Waals surface area contributed by atoms with E-state index in [0.717, 1.165) is 56.9 Å². The molecule has 1 aliphatic carbocycles. The summed E-state index contributed by atoms with van der Waals surface area (Å²) >= 11 is 1.36. The number of hydrogen-bond acceptors (Lipinski definition) is 7. The van der Waals surface area contributed by atoms with Gasteiger partial charge in [-0.15, -0.1) is 10.2 Å². The molecule has 0 radical (unpaired) electrons. The zero-order valence-electron chi connectivity index (χ0n) is 18.9. The largest absolute Gasteiger partial charge is 0.467 e. The standard InChI is InChI=1S/C23H32N6O2S/c1-17-11-18(2)13-28(12-17)21-26-27-22(29(21)14-19-7-6-10-31-19)32-15-20(30)25-23(16-24)8-4-3-5-9-23/h6-7,10,17-18H,3-5,8-9,11-15H2,1-2H3,(H,25,30). The quantitative estimate of drug-likeness (QED) is 0.632. The maximum atomic E-state index is 12.7. The van der Waals surface area contributed by atoms with Crippen molar-refractivity contribution in [3.63, 3.8) is 0 Å². The van der Waals surface area contributed by atoms with Crippen molar-refractivity contribution in [2.75, 3.05) is 23.7 Å². The van der Waals surface area contributed by atoms with Gasteiger partial charge in [0, 0.05) is 13.1 Å². The number of aromatic nitrogens is 3. The number of piperidine rings is 1. The molecule has 1 saturated carbocycles. The summed E-state index contributed by atoms with van der Waals surface area (Å²) < 4.78 is 7.62. The zero-order chi connectivity index (χ0) is 22.6. The Bertz CT molecular complexity index is 934. The first-order chi connectivity index (χ1) is 15.5. The zero-order valence-corrected chi connectivity index (χ0v) is 19.7. The summed E-state index contributed by atoms with van der Waals surface area (Å²) in [5.41, 5.74) is -0.719. The lowest BCUT2D eigenvalue weighted by atomic mass is 9.83. The number of carbonyl (C=O) groups is 1. The second-order valence-corrected chi connectivity index (χ2v) is 10.3. The molecular weight excluding hydrogens is 424 g/mol. The van der Waals surface area contributed by atoms with Crippen molar-refractivity contribution in [2.45, 2.75) is 69.6 Å². The number of rotatable bonds is 7. The van der Waals surface area contributed by atoms with Crippen LogP contribution in [-0.2, 0) is 11.3 Å². The highest BCUT2D eigenvalue weighted by molar-refractivity contribution is 7.99. The van der Waals surface area contributed by atoms with Crippen LogP contribution >= 0.6 is 11.8 Å². The van der Waals surface area contributed by atoms with Gasteiger partial charge in [-0.2, -0.15) is 5.26 Å². The van der Waals surface area contributed by atoms with Crippen molar-refractivity contribution in [3.05, 3.63) is 24.2 Å². The highest BCUT2D eigenvalue weighted by Gasteiger charge is 2.34. The first kappa shape index (κ1) is 22.7. The Balaban J connectivity index is 1.48. The van der Waals surface area contributed by atoms with Crippen LogP contribution in [0.1, 0.15) is 58.1 Å². The second-order valence-electron chi connectivity index (χ2n) is 9.39. The Labute approximate surface area is 193 Å². The van der Waals surface area contributed by atoms with Crippen molar-refractivity contribution in [1.29, 1.82) is 5.26 Å². The Kier molecular flexibility index (Phi) is 7.09. The average Bonchev–Trinajstić information content (AvgIpc) is 3.43. The van der Waals surface area contributed by atoms with E-state index in [1.807, 2.05) is 16.7 Å². The highest BCUT2D eigenvalue weighted by atomic mass is 32.2. The van der Waals surface area contributed by atoms with Gasteiger partial charge in [-0.1, -0.05) is 44.9 Å². The SMILES string of the molecule is CC1CC(C)CN(c2nnc(SCC(=O)NC3(C#N)CCCCC3)n2Cc2ccco2)C1. The molecule has 9 heteroatoms. The van der Waals surface area contributed by atoms with E-state index < -0.39 is 5.54 Å². The lowest BCUT2D eigenvalue weighted by Crippen LogP contribution is -2.49. The predicted molar refractivity (Wildman–Crippen MR) is 123 cm³/mol. The molecule has 0 spiro atoms. The fourth-order valence-electron chi connectivity index (χ4n) is 5.00. The maximum Gasteiger partial charge on any atom is 0.231 e. The molecule has 1 aliphatic heterocycles. The molecule has 2 aliphatic rings. The third kappa shape index (κ3) is 5.29. The smallest absolute Gasteiger partial charge is 0.231 e. The number of hydrogen-bond donors (Lipinski definition) is 1. The Morgan fingerprint density at radius 3 is 2.69 bits per heavy atom. The molecule has 3 heterocycles. The molecule has 0 aromatic carbocycles. The number of furan rings is 1. The molecule has 2 unspecified atom stereocenters. The third-order valence-electron chi connectivity index (χ3n) is 6.38. The minimum atomic E-state index is -0.719. The molecular formula is C23H32N6O2S. The molecule has 2 aromatic rings. The van der Waals surface area contributed by atoms with Crippen molar-refractivity contribution < 1.29 is 9.21 Å². The van der Waals surface area contributed by atoms with Crippen LogP contribution < -0.4 is 10.2 Å². The van der Waals surface area contributed by atoms with E-state index in [9.17, 15) is 10.1 Å². The van der Waals surface area contributed by atoms with E-state index in [-0.39, 0.29) is 11.7 Å². The van der Waals surface area contributed by atoms with Crippen molar-refractivity contribution in [2.24, 2.45) is 11.8 Å².